The van der Waals surface area contributed by atoms with Gasteiger partial charge in [0.15, 0.2) is 0 Å². The molecule has 1 rings (SSSR count). The molecule has 0 aliphatic heterocycles. The molecule has 1 fully saturated rings. The fourth-order valence-corrected chi connectivity index (χ4v) is 1.98. The molecule has 1 aliphatic rings. The normalized spacial score (nSPS) is 19.9. The zero-order valence-electron chi connectivity index (χ0n) is 10.6. The number of nitrogens with one attached hydrogen (secondary N) is 2. The van der Waals surface area contributed by atoms with E-state index in [9.17, 15) is 4.79 Å². The van der Waals surface area contributed by atoms with E-state index in [0.717, 1.165) is 5.92 Å². The molecule has 1 saturated carbocycles. The fraction of sp³-hybridized carbons (Fsp3) is 0.917. The lowest BCUT2D eigenvalue weighted by Crippen LogP contribution is -2.49. The second-order valence-corrected chi connectivity index (χ2v) is 4.65. The van der Waals surface area contributed by atoms with Crippen molar-refractivity contribution in [3.05, 3.63) is 0 Å². The maximum atomic E-state index is 11.7. The summed E-state index contributed by atoms with van der Waals surface area (Å²) in [6, 6.07) is 0.324. The van der Waals surface area contributed by atoms with Crippen molar-refractivity contribution in [1.82, 2.24) is 10.6 Å². The van der Waals surface area contributed by atoms with Crippen molar-refractivity contribution in [2.45, 2.75) is 45.2 Å². The van der Waals surface area contributed by atoms with Gasteiger partial charge in [-0.05, 0) is 32.6 Å². The van der Waals surface area contributed by atoms with E-state index >= 15 is 0 Å². The molecule has 94 valence electrons. The number of rotatable bonds is 7. The van der Waals surface area contributed by atoms with Gasteiger partial charge < -0.3 is 15.4 Å². The number of methoxy groups -OCH3 is 1. The van der Waals surface area contributed by atoms with Gasteiger partial charge in [-0.25, -0.2) is 0 Å². The number of amides is 1. The summed E-state index contributed by atoms with van der Waals surface area (Å²) in [5.41, 5.74) is 0. The summed E-state index contributed by atoms with van der Waals surface area (Å²) >= 11 is 0. The summed E-state index contributed by atoms with van der Waals surface area (Å²) in [6.45, 7) is 5.23. The Hall–Kier alpha value is -0.610. The first-order chi connectivity index (χ1) is 7.65. The average Bonchev–Trinajstić information content (AvgIpc) is 2.14. The molecule has 16 heavy (non-hydrogen) atoms. The minimum Gasteiger partial charge on any atom is -0.383 e. The third-order valence-electron chi connectivity index (χ3n) is 3.37. The van der Waals surface area contributed by atoms with Gasteiger partial charge in [-0.15, -0.1) is 0 Å². The number of hydrogen-bond donors (Lipinski definition) is 2. The molecule has 0 aromatic rings. The highest BCUT2D eigenvalue weighted by atomic mass is 16.5. The number of hydrogen-bond acceptors (Lipinski definition) is 3. The number of carbonyl (C=O) groups is 1. The lowest BCUT2D eigenvalue weighted by molar-refractivity contribution is -0.123. The molecular weight excluding hydrogens is 204 g/mol. The first-order valence-corrected chi connectivity index (χ1v) is 6.18. The summed E-state index contributed by atoms with van der Waals surface area (Å²) in [4.78, 5) is 11.7. The summed E-state index contributed by atoms with van der Waals surface area (Å²) in [6.07, 6.45) is 3.93. The van der Waals surface area contributed by atoms with Crippen LogP contribution in [0.4, 0.5) is 0 Å². The predicted molar refractivity (Wildman–Crippen MR) is 64.3 cm³/mol. The monoisotopic (exact) mass is 228 g/mol. The third kappa shape index (κ3) is 4.10. The molecular formula is C12H24N2O2. The molecule has 0 heterocycles. The van der Waals surface area contributed by atoms with Gasteiger partial charge in [-0.2, -0.15) is 0 Å². The van der Waals surface area contributed by atoms with Crippen LogP contribution in [-0.2, 0) is 9.53 Å². The standard InChI is InChI=1S/C12H24N2O2/c1-9(11-5-4-6-11)14-10(2)12(15)13-7-8-16-3/h9-11,14H,4-8H2,1-3H3,(H,13,15). The molecule has 2 N–H and O–H groups in total. The quantitative estimate of drug-likeness (QED) is 0.637. The topological polar surface area (TPSA) is 50.4 Å². The number of ether oxygens (including phenoxy) is 1. The number of carbonyl (C=O) groups excluding carboxylic acids is 1. The van der Waals surface area contributed by atoms with Crippen LogP contribution < -0.4 is 10.6 Å². The predicted octanol–water partition coefficient (Wildman–Crippen LogP) is 0.916. The van der Waals surface area contributed by atoms with Crippen molar-refractivity contribution in [2.75, 3.05) is 20.3 Å². The summed E-state index contributed by atoms with van der Waals surface area (Å²) < 4.78 is 4.88. The van der Waals surface area contributed by atoms with Crippen LogP contribution in [0.1, 0.15) is 33.1 Å². The zero-order chi connectivity index (χ0) is 12.0. The van der Waals surface area contributed by atoms with E-state index in [1.165, 1.54) is 19.3 Å². The average molecular weight is 228 g/mol. The molecule has 0 saturated heterocycles. The van der Waals surface area contributed by atoms with Crippen molar-refractivity contribution in [2.24, 2.45) is 5.92 Å². The first-order valence-electron chi connectivity index (χ1n) is 6.18. The molecule has 2 atom stereocenters. The molecule has 0 aromatic carbocycles. The highest BCUT2D eigenvalue weighted by molar-refractivity contribution is 5.81. The van der Waals surface area contributed by atoms with E-state index in [-0.39, 0.29) is 11.9 Å². The molecule has 0 radical (unpaired) electrons. The second-order valence-electron chi connectivity index (χ2n) is 4.65. The van der Waals surface area contributed by atoms with E-state index in [0.29, 0.717) is 19.2 Å². The Bertz CT molecular complexity index is 217. The van der Waals surface area contributed by atoms with Gasteiger partial charge in [0, 0.05) is 19.7 Å². The zero-order valence-corrected chi connectivity index (χ0v) is 10.6. The highest BCUT2D eigenvalue weighted by Gasteiger charge is 2.26. The Morgan fingerprint density at radius 1 is 1.44 bits per heavy atom. The molecule has 4 heteroatoms. The fourth-order valence-electron chi connectivity index (χ4n) is 1.98. The van der Waals surface area contributed by atoms with Crippen LogP contribution in [0.15, 0.2) is 0 Å². The Morgan fingerprint density at radius 3 is 2.62 bits per heavy atom. The van der Waals surface area contributed by atoms with Gasteiger partial charge >= 0.3 is 0 Å². The van der Waals surface area contributed by atoms with Crippen molar-refractivity contribution < 1.29 is 9.53 Å². The van der Waals surface area contributed by atoms with Crippen LogP contribution in [0.3, 0.4) is 0 Å². The van der Waals surface area contributed by atoms with E-state index in [1.54, 1.807) is 7.11 Å². The van der Waals surface area contributed by atoms with E-state index in [1.807, 2.05) is 6.92 Å². The maximum Gasteiger partial charge on any atom is 0.236 e. The largest absolute Gasteiger partial charge is 0.383 e. The van der Waals surface area contributed by atoms with E-state index in [2.05, 4.69) is 17.6 Å². The summed E-state index contributed by atoms with van der Waals surface area (Å²) in [5.74, 6) is 0.817. The molecule has 2 unspecified atom stereocenters. The molecule has 0 spiro atoms. The van der Waals surface area contributed by atoms with Gasteiger partial charge in [-0.1, -0.05) is 6.42 Å². The van der Waals surface area contributed by atoms with Crippen LogP contribution in [0.25, 0.3) is 0 Å². The third-order valence-corrected chi connectivity index (χ3v) is 3.37. The summed E-state index contributed by atoms with van der Waals surface area (Å²) in [5, 5.41) is 6.19. The summed E-state index contributed by atoms with van der Waals surface area (Å²) in [7, 11) is 1.63. The lowest BCUT2D eigenvalue weighted by atomic mass is 9.80. The first kappa shape index (κ1) is 13.5. The smallest absolute Gasteiger partial charge is 0.236 e. The van der Waals surface area contributed by atoms with Gasteiger partial charge in [0.1, 0.15) is 0 Å². The Kier molecular flexibility index (Phi) is 5.77. The second kappa shape index (κ2) is 6.86. The molecule has 1 amide bonds. The van der Waals surface area contributed by atoms with Gasteiger partial charge in [-0.3, -0.25) is 4.79 Å². The Morgan fingerprint density at radius 2 is 2.12 bits per heavy atom. The minimum absolute atomic E-state index is 0.0585. The van der Waals surface area contributed by atoms with Crippen LogP contribution in [0.2, 0.25) is 0 Å². The lowest BCUT2D eigenvalue weighted by Gasteiger charge is -2.33. The van der Waals surface area contributed by atoms with Gasteiger partial charge in [0.25, 0.3) is 0 Å². The molecule has 0 bridgehead atoms. The van der Waals surface area contributed by atoms with Crippen molar-refractivity contribution in [1.29, 1.82) is 0 Å². The van der Waals surface area contributed by atoms with Crippen LogP contribution in [0.5, 0.6) is 0 Å². The van der Waals surface area contributed by atoms with Crippen molar-refractivity contribution in [3.8, 4) is 0 Å². The SMILES string of the molecule is COCCNC(=O)C(C)NC(C)C1CCC1. The molecule has 0 aromatic heterocycles. The Balaban J connectivity index is 2.16. The van der Waals surface area contributed by atoms with E-state index in [4.69, 9.17) is 4.74 Å². The Labute approximate surface area is 98.1 Å². The maximum absolute atomic E-state index is 11.7. The van der Waals surface area contributed by atoms with Crippen LogP contribution in [0, 0.1) is 5.92 Å². The molecule has 4 nitrogen and oxygen atoms in total. The highest BCUT2D eigenvalue weighted by Crippen LogP contribution is 2.29. The van der Waals surface area contributed by atoms with E-state index < -0.39 is 0 Å². The van der Waals surface area contributed by atoms with Crippen molar-refractivity contribution >= 4 is 5.91 Å². The van der Waals surface area contributed by atoms with Crippen LogP contribution >= 0.6 is 0 Å². The van der Waals surface area contributed by atoms with Crippen LogP contribution in [-0.4, -0.2) is 38.3 Å². The molecule has 1 aliphatic carbocycles. The van der Waals surface area contributed by atoms with Gasteiger partial charge in [0.05, 0.1) is 12.6 Å². The van der Waals surface area contributed by atoms with Gasteiger partial charge in [0.2, 0.25) is 5.91 Å². The van der Waals surface area contributed by atoms with Crippen molar-refractivity contribution in [3.63, 3.8) is 0 Å². The minimum atomic E-state index is -0.118.